The molecule has 3 nitrogen and oxygen atoms in total. The predicted molar refractivity (Wildman–Crippen MR) is 121 cm³/mol. The van der Waals surface area contributed by atoms with Gasteiger partial charge in [-0.05, 0) is 56.5 Å². The van der Waals surface area contributed by atoms with Crippen LogP contribution in [0.2, 0.25) is 0 Å². The van der Waals surface area contributed by atoms with Gasteiger partial charge in [-0.2, -0.15) is 0 Å². The Morgan fingerprint density at radius 2 is 0.967 bits per heavy atom. The lowest BCUT2D eigenvalue weighted by molar-refractivity contribution is 0.102. The van der Waals surface area contributed by atoms with Crippen molar-refractivity contribution in [1.29, 1.82) is 0 Å². The summed E-state index contributed by atoms with van der Waals surface area (Å²) in [6, 6.07) is 21.7. The molecule has 154 valence electrons. The van der Waals surface area contributed by atoms with Crippen LogP contribution in [0.25, 0.3) is 0 Å². The van der Waals surface area contributed by atoms with E-state index < -0.39 is 0 Å². The summed E-state index contributed by atoms with van der Waals surface area (Å²) >= 11 is 0. The lowest BCUT2D eigenvalue weighted by Gasteiger charge is -2.21. The maximum absolute atomic E-state index is 12.8. The van der Waals surface area contributed by atoms with Crippen LogP contribution >= 0.6 is 0 Å². The van der Waals surface area contributed by atoms with Crippen LogP contribution in [0.1, 0.15) is 77.9 Å². The maximum atomic E-state index is 12.8. The fourth-order valence-electron chi connectivity index (χ4n) is 3.15. The normalized spacial score (nSPS) is 11.4. The topological polar surface area (TPSA) is 43.4 Å². The zero-order valence-corrected chi connectivity index (χ0v) is 18.2. The Morgan fingerprint density at radius 3 is 1.30 bits per heavy atom. The zero-order chi connectivity index (χ0) is 21.9. The van der Waals surface area contributed by atoms with E-state index in [0.29, 0.717) is 28.2 Å². The first-order valence-electron chi connectivity index (χ1n) is 10.2. The molecular formula is C27H28O3. The minimum Gasteiger partial charge on any atom is -0.488 e. The molecule has 0 radical (unpaired) electrons. The summed E-state index contributed by atoms with van der Waals surface area (Å²) < 4.78 is 5.80. The molecule has 0 unspecified atom stereocenters. The van der Waals surface area contributed by atoms with Crippen molar-refractivity contribution in [2.24, 2.45) is 0 Å². The van der Waals surface area contributed by atoms with E-state index in [4.69, 9.17) is 4.74 Å². The van der Waals surface area contributed by atoms with Crippen LogP contribution in [0.15, 0.2) is 72.8 Å². The van der Waals surface area contributed by atoms with Gasteiger partial charge in [0.15, 0.2) is 11.6 Å². The molecular weight excluding hydrogens is 372 g/mol. The highest BCUT2D eigenvalue weighted by atomic mass is 16.5. The van der Waals surface area contributed by atoms with Gasteiger partial charge in [0.2, 0.25) is 0 Å². The van der Waals surface area contributed by atoms with E-state index in [2.05, 4.69) is 13.8 Å². The van der Waals surface area contributed by atoms with Crippen LogP contribution in [0.4, 0.5) is 0 Å². The quantitative estimate of drug-likeness (QED) is 0.447. The summed E-state index contributed by atoms with van der Waals surface area (Å²) in [6.45, 7) is 10.2. The van der Waals surface area contributed by atoms with Crippen molar-refractivity contribution < 1.29 is 14.3 Å². The summed E-state index contributed by atoms with van der Waals surface area (Å²) in [5.74, 6) is 1.02. The highest BCUT2D eigenvalue weighted by molar-refractivity contribution is 6.11. The molecule has 30 heavy (non-hydrogen) atoms. The fourth-order valence-corrected chi connectivity index (χ4v) is 3.15. The van der Waals surface area contributed by atoms with Crippen LogP contribution in [0.3, 0.4) is 0 Å². The van der Waals surface area contributed by atoms with Gasteiger partial charge in [-0.25, -0.2) is 0 Å². The molecule has 0 saturated carbocycles. The lowest BCUT2D eigenvalue weighted by atomic mass is 9.96. The third kappa shape index (κ3) is 5.24. The average molecular weight is 401 g/mol. The number of rotatable bonds is 6. The molecule has 0 spiro atoms. The monoisotopic (exact) mass is 400 g/mol. The molecule has 0 heterocycles. The third-order valence-electron chi connectivity index (χ3n) is 4.79. The van der Waals surface area contributed by atoms with Crippen LogP contribution < -0.4 is 4.74 Å². The van der Waals surface area contributed by atoms with Crippen LogP contribution in [0, 0.1) is 0 Å². The largest absolute Gasteiger partial charge is 0.488 e. The summed E-state index contributed by atoms with van der Waals surface area (Å²) in [4.78, 5) is 25.5. The highest BCUT2D eigenvalue weighted by Gasteiger charge is 2.15. The van der Waals surface area contributed by atoms with Crippen LogP contribution in [-0.2, 0) is 0 Å². The Morgan fingerprint density at radius 1 is 0.633 bits per heavy atom. The van der Waals surface area contributed by atoms with Gasteiger partial charge in [0, 0.05) is 22.3 Å². The maximum Gasteiger partial charge on any atom is 0.193 e. The molecule has 0 fully saturated rings. The van der Waals surface area contributed by atoms with Crippen molar-refractivity contribution in [1.82, 2.24) is 0 Å². The van der Waals surface area contributed by atoms with E-state index in [1.807, 2.05) is 45.0 Å². The number of ether oxygens (including phenoxy) is 1. The van der Waals surface area contributed by atoms with Gasteiger partial charge < -0.3 is 4.74 Å². The minimum absolute atomic E-state index is 0.0482. The molecule has 3 aromatic carbocycles. The number of hydrogen-bond donors (Lipinski definition) is 0. The fraction of sp³-hybridized carbons (Fsp3) is 0.259. The third-order valence-corrected chi connectivity index (χ3v) is 4.79. The molecule has 0 aliphatic heterocycles. The van der Waals surface area contributed by atoms with Gasteiger partial charge in [0.1, 0.15) is 11.4 Å². The summed E-state index contributed by atoms with van der Waals surface area (Å²) in [7, 11) is 0. The van der Waals surface area contributed by atoms with Crippen molar-refractivity contribution >= 4 is 11.6 Å². The number of carbonyl (C=O) groups is 2. The smallest absolute Gasteiger partial charge is 0.193 e. The van der Waals surface area contributed by atoms with Crippen molar-refractivity contribution in [2.75, 3.05) is 0 Å². The second-order valence-electron chi connectivity index (χ2n) is 8.75. The second kappa shape index (κ2) is 8.66. The molecule has 3 aromatic rings. The molecule has 0 aliphatic carbocycles. The Bertz CT molecular complexity index is 1020. The Hall–Kier alpha value is -3.20. The molecule has 0 bridgehead atoms. The number of hydrogen-bond acceptors (Lipinski definition) is 3. The van der Waals surface area contributed by atoms with E-state index in [1.165, 1.54) is 5.56 Å². The number of benzene rings is 3. The standard InChI is InChI=1S/C27H28O3/c1-18(2)19-6-8-20(9-7-19)25(28)21-10-12-22(13-11-21)26(29)23-14-16-24(17-15-23)30-27(3,4)5/h6-18H,1-5H3. The van der Waals surface area contributed by atoms with Crippen molar-refractivity contribution in [3.8, 4) is 5.75 Å². The predicted octanol–water partition coefficient (Wildman–Crippen LogP) is 6.45. The van der Waals surface area contributed by atoms with Crippen LogP contribution in [-0.4, -0.2) is 17.2 Å². The molecule has 0 saturated heterocycles. The van der Waals surface area contributed by atoms with Gasteiger partial charge in [-0.15, -0.1) is 0 Å². The van der Waals surface area contributed by atoms with Gasteiger partial charge in [-0.1, -0.05) is 62.4 Å². The summed E-state index contributed by atoms with van der Waals surface area (Å²) in [6.07, 6.45) is 0. The zero-order valence-electron chi connectivity index (χ0n) is 18.2. The van der Waals surface area contributed by atoms with E-state index in [1.54, 1.807) is 48.5 Å². The number of carbonyl (C=O) groups excluding carboxylic acids is 2. The second-order valence-corrected chi connectivity index (χ2v) is 8.75. The summed E-state index contributed by atoms with van der Waals surface area (Å²) in [5, 5.41) is 0. The first-order valence-corrected chi connectivity index (χ1v) is 10.2. The Labute approximate surface area is 178 Å². The van der Waals surface area contributed by atoms with Gasteiger partial charge in [0.25, 0.3) is 0 Å². The molecule has 3 rings (SSSR count). The number of ketones is 2. The van der Waals surface area contributed by atoms with Gasteiger partial charge in [-0.3, -0.25) is 9.59 Å². The minimum atomic E-state index is -0.289. The molecule has 0 N–H and O–H groups in total. The molecule has 0 aliphatic rings. The van der Waals surface area contributed by atoms with Crippen molar-refractivity contribution in [2.45, 2.75) is 46.1 Å². The molecule has 0 aromatic heterocycles. The van der Waals surface area contributed by atoms with Gasteiger partial charge in [0.05, 0.1) is 0 Å². The summed E-state index contributed by atoms with van der Waals surface area (Å²) in [5.41, 5.74) is 3.26. The van der Waals surface area contributed by atoms with E-state index in [9.17, 15) is 9.59 Å². The lowest BCUT2D eigenvalue weighted by Crippen LogP contribution is -2.22. The molecule has 0 atom stereocenters. The van der Waals surface area contributed by atoms with Crippen LogP contribution in [0.5, 0.6) is 5.75 Å². The molecule has 0 amide bonds. The Balaban J connectivity index is 1.73. The van der Waals surface area contributed by atoms with Crippen molar-refractivity contribution in [3.63, 3.8) is 0 Å². The highest BCUT2D eigenvalue weighted by Crippen LogP contribution is 2.21. The average Bonchev–Trinajstić information content (AvgIpc) is 2.72. The first kappa shape index (κ1) is 21.5. The first-order chi connectivity index (χ1) is 14.1. The SMILES string of the molecule is CC(C)c1ccc(C(=O)c2ccc(C(=O)c3ccc(OC(C)(C)C)cc3)cc2)cc1. The van der Waals surface area contributed by atoms with E-state index in [-0.39, 0.29) is 17.2 Å². The van der Waals surface area contributed by atoms with Gasteiger partial charge >= 0.3 is 0 Å². The van der Waals surface area contributed by atoms with E-state index >= 15 is 0 Å². The molecule has 3 heteroatoms. The Kier molecular flexibility index (Phi) is 6.21. The van der Waals surface area contributed by atoms with E-state index in [0.717, 1.165) is 5.75 Å². The van der Waals surface area contributed by atoms with Crippen molar-refractivity contribution in [3.05, 3.63) is 101 Å².